The Hall–Kier alpha value is -1.82. The van der Waals surface area contributed by atoms with Crippen LogP contribution in [0.3, 0.4) is 0 Å². The van der Waals surface area contributed by atoms with Crippen LogP contribution in [-0.2, 0) is 4.79 Å². The number of benzene rings is 1. The van der Waals surface area contributed by atoms with Crippen LogP contribution in [0, 0.1) is 0 Å². The summed E-state index contributed by atoms with van der Waals surface area (Å²) in [5.41, 5.74) is 0.996. The van der Waals surface area contributed by atoms with Gasteiger partial charge in [-0.1, -0.05) is 49.6 Å². The highest BCUT2D eigenvalue weighted by atomic mass is 32.2. The summed E-state index contributed by atoms with van der Waals surface area (Å²) in [4.78, 5) is 15.2. The third-order valence-corrected chi connectivity index (χ3v) is 6.67. The molecule has 1 saturated carbocycles. The lowest BCUT2D eigenvalue weighted by Crippen LogP contribution is -2.38. The molecule has 4 rings (SSSR count). The number of carbonyl (C=O) groups excluding carboxylic acids is 1. The van der Waals surface area contributed by atoms with Crippen molar-refractivity contribution >= 4 is 17.7 Å². The maximum Gasteiger partial charge on any atom is 0.277 e. The van der Waals surface area contributed by atoms with E-state index in [0.29, 0.717) is 11.1 Å². The van der Waals surface area contributed by atoms with Gasteiger partial charge in [0.25, 0.3) is 5.22 Å². The van der Waals surface area contributed by atoms with Crippen molar-refractivity contribution in [3.05, 3.63) is 41.8 Å². The zero-order valence-corrected chi connectivity index (χ0v) is 16.5. The van der Waals surface area contributed by atoms with E-state index in [0.717, 1.165) is 50.2 Å². The zero-order valence-electron chi connectivity index (χ0n) is 15.7. The van der Waals surface area contributed by atoms with Gasteiger partial charge in [-0.2, -0.15) is 0 Å². The smallest absolute Gasteiger partial charge is 0.277 e. The molecule has 1 aromatic carbocycles. The molecule has 0 N–H and O–H groups in total. The molecule has 2 aromatic rings. The normalized spacial score (nSPS) is 19.8. The van der Waals surface area contributed by atoms with Gasteiger partial charge in [0, 0.05) is 19.0 Å². The number of aromatic nitrogens is 2. The molecule has 2 heterocycles. The van der Waals surface area contributed by atoms with Crippen molar-refractivity contribution in [2.75, 3.05) is 13.1 Å². The zero-order chi connectivity index (χ0) is 18.5. The lowest BCUT2D eigenvalue weighted by molar-refractivity contribution is -0.131. The Kier molecular flexibility index (Phi) is 6.12. The minimum absolute atomic E-state index is 0.156. The highest BCUT2D eigenvalue weighted by Crippen LogP contribution is 2.39. The summed E-state index contributed by atoms with van der Waals surface area (Å²) < 4.78 is 5.98. The lowest BCUT2D eigenvalue weighted by Gasteiger charge is -2.29. The van der Waals surface area contributed by atoms with Gasteiger partial charge in [0.2, 0.25) is 11.8 Å². The Morgan fingerprint density at radius 2 is 1.70 bits per heavy atom. The number of carbonyl (C=O) groups is 1. The molecule has 1 amide bonds. The molecule has 6 heteroatoms. The SMILES string of the molecule is O=C([C@H](Sc1nnc(C2CCCCC2)o1)c1ccccc1)N1CCCCC1. The van der Waals surface area contributed by atoms with Crippen molar-refractivity contribution in [3.63, 3.8) is 0 Å². The molecule has 0 radical (unpaired) electrons. The molecule has 144 valence electrons. The number of thioether (sulfide) groups is 1. The van der Waals surface area contributed by atoms with E-state index in [9.17, 15) is 4.79 Å². The standard InChI is InChI=1S/C21H27N3O2S/c25-20(24-14-8-3-9-15-24)18(16-10-4-1-5-11-16)27-21-23-22-19(26-21)17-12-6-2-7-13-17/h1,4-5,10-11,17-18H,2-3,6-9,12-15H2/t18-/m1/s1. The third-order valence-electron chi connectivity index (χ3n) is 5.59. The molecule has 2 fully saturated rings. The molecule has 0 bridgehead atoms. The van der Waals surface area contributed by atoms with Crippen LogP contribution in [0.2, 0.25) is 0 Å². The highest BCUT2D eigenvalue weighted by Gasteiger charge is 2.30. The minimum Gasteiger partial charge on any atom is -0.416 e. The number of likely N-dealkylation sites (tertiary alicyclic amines) is 1. The van der Waals surface area contributed by atoms with E-state index in [4.69, 9.17) is 4.42 Å². The summed E-state index contributed by atoms with van der Waals surface area (Å²) in [7, 11) is 0. The Bertz CT molecular complexity index is 737. The van der Waals surface area contributed by atoms with E-state index in [2.05, 4.69) is 10.2 Å². The van der Waals surface area contributed by atoms with Gasteiger partial charge in [-0.25, -0.2) is 0 Å². The first-order valence-electron chi connectivity index (χ1n) is 10.1. The predicted octanol–water partition coefficient (Wildman–Crippen LogP) is 4.96. The largest absolute Gasteiger partial charge is 0.416 e. The van der Waals surface area contributed by atoms with Crippen molar-refractivity contribution in [3.8, 4) is 0 Å². The number of hydrogen-bond acceptors (Lipinski definition) is 5. The van der Waals surface area contributed by atoms with E-state index in [1.54, 1.807) is 0 Å². The van der Waals surface area contributed by atoms with Gasteiger partial charge in [0.05, 0.1) is 0 Å². The molecule has 0 spiro atoms. The van der Waals surface area contributed by atoms with E-state index < -0.39 is 0 Å². The van der Waals surface area contributed by atoms with Gasteiger partial charge in [0.1, 0.15) is 5.25 Å². The summed E-state index contributed by atoms with van der Waals surface area (Å²) >= 11 is 1.40. The number of hydrogen-bond donors (Lipinski definition) is 0. The second kappa shape index (κ2) is 8.91. The van der Waals surface area contributed by atoms with Crippen LogP contribution >= 0.6 is 11.8 Å². The van der Waals surface area contributed by atoms with Crippen molar-refractivity contribution < 1.29 is 9.21 Å². The summed E-state index contributed by atoms with van der Waals surface area (Å²) in [6.45, 7) is 1.69. The maximum atomic E-state index is 13.2. The molecule has 27 heavy (non-hydrogen) atoms. The second-order valence-electron chi connectivity index (χ2n) is 7.54. The number of rotatable bonds is 5. The van der Waals surface area contributed by atoms with Crippen LogP contribution in [0.5, 0.6) is 0 Å². The fraction of sp³-hybridized carbons (Fsp3) is 0.571. The van der Waals surface area contributed by atoms with Crippen LogP contribution < -0.4 is 0 Å². The average Bonchev–Trinajstić information content (AvgIpc) is 3.22. The van der Waals surface area contributed by atoms with Crippen LogP contribution in [0.1, 0.15) is 74.0 Å². The van der Waals surface area contributed by atoms with Crippen molar-refractivity contribution in [2.24, 2.45) is 0 Å². The monoisotopic (exact) mass is 385 g/mol. The fourth-order valence-electron chi connectivity index (χ4n) is 4.05. The van der Waals surface area contributed by atoms with Crippen LogP contribution in [-0.4, -0.2) is 34.1 Å². The molecule has 1 atom stereocenters. The molecule has 1 aromatic heterocycles. The minimum atomic E-state index is -0.330. The fourth-order valence-corrected chi connectivity index (χ4v) is 5.02. The molecule has 1 saturated heterocycles. The first kappa shape index (κ1) is 18.5. The lowest BCUT2D eigenvalue weighted by atomic mass is 9.89. The van der Waals surface area contributed by atoms with Crippen molar-refractivity contribution in [1.82, 2.24) is 15.1 Å². The summed E-state index contributed by atoms with van der Waals surface area (Å²) in [5.74, 6) is 1.28. The molecular formula is C21H27N3O2S. The van der Waals surface area contributed by atoms with E-state index in [1.807, 2.05) is 35.2 Å². The van der Waals surface area contributed by atoms with Gasteiger partial charge < -0.3 is 9.32 Å². The molecule has 5 nitrogen and oxygen atoms in total. The Balaban J connectivity index is 1.52. The molecule has 0 unspecified atom stereocenters. The van der Waals surface area contributed by atoms with Gasteiger partial charge in [-0.05, 0) is 49.4 Å². The summed E-state index contributed by atoms with van der Waals surface area (Å²) in [6, 6.07) is 9.96. The Morgan fingerprint density at radius 1 is 1.00 bits per heavy atom. The van der Waals surface area contributed by atoms with Crippen molar-refractivity contribution in [1.29, 1.82) is 0 Å². The van der Waals surface area contributed by atoms with E-state index >= 15 is 0 Å². The number of nitrogens with zero attached hydrogens (tertiary/aromatic N) is 3. The van der Waals surface area contributed by atoms with Gasteiger partial charge >= 0.3 is 0 Å². The van der Waals surface area contributed by atoms with E-state index in [-0.39, 0.29) is 11.2 Å². The first-order chi connectivity index (χ1) is 13.3. The Labute approximate surface area is 164 Å². The van der Waals surface area contributed by atoms with Crippen molar-refractivity contribution in [2.45, 2.75) is 67.8 Å². The van der Waals surface area contributed by atoms with Gasteiger partial charge in [-0.15, -0.1) is 10.2 Å². The first-order valence-corrected chi connectivity index (χ1v) is 11.0. The summed E-state index contributed by atoms with van der Waals surface area (Å²) in [6.07, 6.45) is 9.40. The molecular weight excluding hydrogens is 358 g/mol. The maximum absolute atomic E-state index is 13.2. The van der Waals surface area contributed by atoms with Crippen LogP contribution in [0.15, 0.2) is 40.0 Å². The Morgan fingerprint density at radius 3 is 2.44 bits per heavy atom. The third kappa shape index (κ3) is 4.54. The number of piperidine rings is 1. The summed E-state index contributed by atoms with van der Waals surface area (Å²) in [5, 5.41) is 8.74. The number of amides is 1. The molecule has 1 aliphatic carbocycles. The van der Waals surface area contributed by atoms with Crippen LogP contribution in [0.25, 0.3) is 0 Å². The van der Waals surface area contributed by atoms with Gasteiger partial charge in [0.15, 0.2) is 0 Å². The molecule has 2 aliphatic rings. The predicted molar refractivity (Wildman–Crippen MR) is 106 cm³/mol. The quantitative estimate of drug-likeness (QED) is 0.681. The van der Waals surface area contributed by atoms with E-state index in [1.165, 1.54) is 37.4 Å². The van der Waals surface area contributed by atoms with Crippen LogP contribution in [0.4, 0.5) is 0 Å². The second-order valence-corrected chi connectivity index (χ2v) is 8.59. The average molecular weight is 386 g/mol. The highest BCUT2D eigenvalue weighted by molar-refractivity contribution is 8.00. The van der Waals surface area contributed by atoms with Gasteiger partial charge in [-0.3, -0.25) is 4.79 Å². The molecule has 1 aliphatic heterocycles. The topological polar surface area (TPSA) is 59.2 Å².